The van der Waals surface area contributed by atoms with Gasteiger partial charge in [0, 0.05) is 13.1 Å². The molecule has 1 N–H and O–H groups in total. The van der Waals surface area contributed by atoms with Crippen LogP contribution in [0, 0.1) is 19.8 Å². The fourth-order valence-electron chi connectivity index (χ4n) is 4.47. The monoisotopic (exact) mass is 593 g/mol. The normalized spacial score (nSPS) is 12.1. The number of ether oxygens (including phenoxy) is 1. The number of sulfonamides is 1. The van der Waals surface area contributed by atoms with Crippen molar-refractivity contribution in [1.29, 1.82) is 0 Å². The molecular formula is C33H43N3O5S. The first-order chi connectivity index (χ1) is 20.0. The Hall–Kier alpha value is -3.85. The predicted octanol–water partition coefficient (Wildman–Crippen LogP) is 5.48. The summed E-state index contributed by atoms with van der Waals surface area (Å²) in [6.07, 6.45) is 0.373. The molecule has 0 aliphatic rings. The van der Waals surface area contributed by atoms with Gasteiger partial charge in [-0.25, -0.2) is 8.42 Å². The maximum Gasteiger partial charge on any atom is 0.264 e. The number of nitrogens with one attached hydrogen (secondary N) is 1. The Morgan fingerprint density at radius 2 is 1.43 bits per heavy atom. The zero-order valence-corrected chi connectivity index (χ0v) is 26.3. The molecule has 9 heteroatoms. The van der Waals surface area contributed by atoms with Crippen LogP contribution in [0.5, 0.6) is 5.75 Å². The van der Waals surface area contributed by atoms with Crippen molar-refractivity contribution in [2.75, 3.05) is 24.0 Å². The van der Waals surface area contributed by atoms with E-state index in [2.05, 4.69) is 5.32 Å². The average Bonchev–Trinajstić information content (AvgIpc) is 2.96. The number of rotatable bonds is 14. The minimum Gasteiger partial charge on any atom is -0.494 e. The van der Waals surface area contributed by atoms with E-state index in [1.807, 2.05) is 65.8 Å². The molecule has 8 nitrogen and oxygen atoms in total. The number of anilines is 1. The lowest BCUT2D eigenvalue weighted by molar-refractivity contribution is -0.140. The second-order valence-electron chi connectivity index (χ2n) is 10.8. The highest BCUT2D eigenvalue weighted by atomic mass is 32.2. The van der Waals surface area contributed by atoms with Crippen LogP contribution in [-0.2, 0) is 26.2 Å². The molecule has 3 aromatic rings. The van der Waals surface area contributed by atoms with Crippen molar-refractivity contribution < 1.29 is 22.7 Å². The van der Waals surface area contributed by atoms with Gasteiger partial charge in [0.1, 0.15) is 18.3 Å². The highest BCUT2D eigenvalue weighted by Crippen LogP contribution is 2.26. The first-order valence-electron chi connectivity index (χ1n) is 14.4. The second kappa shape index (κ2) is 14.9. The van der Waals surface area contributed by atoms with Crippen molar-refractivity contribution in [2.24, 2.45) is 5.92 Å². The third-order valence-corrected chi connectivity index (χ3v) is 8.66. The SMILES string of the molecule is CCOc1ccc(S(=O)(=O)N(CC(=O)N(Cc2ccc(C)cc2)[C@H](CC)C(=O)NCC(C)C)c2ccc(C)cc2)cc1. The molecular weight excluding hydrogens is 550 g/mol. The van der Waals surface area contributed by atoms with Crippen molar-refractivity contribution in [2.45, 2.75) is 65.4 Å². The van der Waals surface area contributed by atoms with E-state index in [-0.39, 0.29) is 23.3 Å². The lowest BCUT2D eigenvalue weighted by atomic mass is 10.1. The Morgan fingerprint density at radius 3 is 1.95 bits per heavy atom. The van der Waals surface area contributed by atoms with Crippen molar-refractivity contribution in [3.63, 3.8) is 0 Å². The van der Waals surface area contributed by atoms with E-state index >= 15 is 0 Å². The Bertz CT molecular complexity index is 1420. The van der Waals surface area contributed by atoms with E-state index in [1.54, 1.807) is 36.4 Å². The minimum absolute atomic E-state index is 0.0335. The Morgan fingerprint density at radius 1 is 0.857 bits per heavy atom. The zero-order valence-electron chi connectivity index (χ0n) is 25.5. The van der Waals surface area contributed by atoms with Gasteiger partial charge in [-0.3, -0.25) is 13.9 Å². The molecule has 0 radical (unpaired) electrons. The molecule has 0 fully saturated rings. The van der Waals surface area contributed by atoms with Gasteiger partial charge in [0.15, 0.2) is 0 Å². The molecule has 0 aliphatic heterocycles. The number of carbonyl (C=O) groups is 2. The van der Waals surface area contributed by atoms with Gasteiger partial charge in [-0.2, -0.15) is 0 Å². The molecule has 0 aromatic heterocycles. The van der Waals surface area contributed by atoms with Crippen LogP contribution in [0.1, 0.15) is 50.8 Å². The average molecular weight is 594 g/mol. The number of carbonyl (C=O) groups excluding carboxylic acids is 2. The summed E-state index contributed by atoms with van der Waals surface area (Å²) < 4.78 is 34.6. The molecule has 3 aromatic carbocycles. The molecule has 0 unspecified atom stereocenters. The Labute approximate surface area is 250 Å². The van der Waals surface area contributed by atoms with Gasteiger partial charge in [0.05, 0.1) is 17.2 Å². The topological polar surface area (TPSA) is 96.0 Å². The standard InChI is InChI=1S/C33H43N3O5S/c1-7-31(33(38)34-21-24(3)4)35(22-27-13-9-25(5)10-14-27)32(37)23-36(28-15-11-26(6)12-16-28)42(39,40)30-19-17-29(18-20-30)41-8-2/h9-20,24,31H,7-8,21-23H2,1-6H3,(H,34,38)/t31-/m1/s1. The van der Waals surface area contributed by atoms with E-state index < -0.39 is 28.5 Å². The van der Waals surface area contributed by atoms with Crippen LogP contribution in [-0.4, -0.2) is 50.9 Å². The Balaban J connectivity index is 2.03. The third kappa shape index (κ3) is 8.58. The summed E-state index contributed by atoms with van der Waals surface area (Å²) >= 11 is 0. The number of nitrogens with zero attached hydrogens (tertiary/aromatic N) is 2. The van der Waals surface area contributed by atoms with Gasteiger partial charge in [-0.15, -0.1) is 0 Å². The van der Waals surface area contributed by atoms with Gasteiger partial charge in [0.25, 0.3) is 10.0 Å². The van der Waals surface area contributed by atoms with Crippen LogP contribution in [0.2, 0.25) is 0 Å². The van der Waals surface area contributed by atoms with E-state index in [4.69, 9.17) is 4.74 Å². The maximum atomic E-state index is 14.1. The van der Waals surface area contributed by atoms with Crippen LogP contribution >= 0.6 is 0 Å². The number of aryl methyl sites for hydroxylation is 2. The van der Waals surface area contributed by atoms with Crippen molar-refractivity contribution in [3.8, 4) is 5.75 Å². The van der Waals surface area contributed by atoms with E-state index in [0.29, 0.717) is 31.0 Å². The maximum absolute atomic E-state index is 14.1. The molecule has 42 heavy (non-hydrogen) atoms. The largest absolute Gasteiger partial charge is 0.494 e. The first kappa shape index (κ1) is 32.7. The summed E-state index contributed by atoms with van der Waals surface area (Å²) in [4.78, 5) is 29.0. The summed E-state index contributed by atoms with van der Waals surface area (Å²) in [6.45, 7) is 12.2. The van der Waals surface area contributed by atoms with E-state index in [9.17, 15) is 18.0 Å². The molecule has 0 heterocycles. The Kier molecular flexibility index (Phi) is 11.6. The molecule has 1 atom stereocenters. The number of benzene rings is 3. The fraction of sp³-hybridized carbons (Fsp3) is 0.394. The molecule has 0 aliphatic carbocycles. The molecule has 0 saturated heterocycles. The second-order valence-corrected chi connectivity index (χ2v) is 12.7. The minimum atomic E-state index is -4.15. The van der Waals surface area contributed by atoms with Crippen LogP contribution in [0.3, 0.4) is 0 Å². The highest BCUT2D eigenvalue weighted by Gasteiger charge is 2.33. The molecule has 0 bridgehead atoms. The summed E-state index contributed by atoms with van der Waals surface area (Å²) in [5.41, 5.74) is 3.23. The summed E-state index contributed by atoms with van der Waals surface area (Å²) in [5, 5.41) is 2.95. The van der Waals surface area contributed by atoms with Crippen molar-refractivity contribution >= 4 is 27.5 Å². The highest BCUT2D eigenvalue weighted by molar-refractivity contribution is 7.92. The predicted molar refractivity (Wildman–Crippen MR) is 167 cm³/mol. The fourth-order valence-corrected chi connectivity index (χ4v) is 5.89. The van der Waals surface area contributed by atoms with Crippen LogP contribution in [0.15, 0.2) is 77.7 Å². The smallest absolute Gasteiger partial charge is 0.264 e. The van der Waals surface area contributed by atoms with E-state index in [0.717, 1.165) is 21.0 Å². The van der Waals surface area contributed by atoms with Gasteiger partial charge < -0.3 is 15.0 Å². The van der Waals surface area contributed by atoms with Gasteiger partial charge in [-0.1, -0.05) is 68.3 Å². The number of hydrogen-bond donors (Lipinski definition) is 1. The summed E-state index contributed by atoms with van der Waals surface area (Å²) in [7, 11) is -4.15. The molecule has 226 valence electrons. The van der Waals surface area contributed by atoms with Gasteiger partial charge in [0.2, 0.25) is 11.8 Å². The molecule has 0 saturated carbocycles. The van der Waals surface area contributed by atoms with Crippen LogP contribution in [0.4, 0.5) is 5.69 Å². The van der Waals surface area contributed by atoms with E-state index in [1.165, 1.54) is 17.0 Å². The molecule has 2 amide bonds. The lowest BCUT2D eigenvalue weighted by Crippen LogP contribution is -2.52. The number of hydrogen-bond acceptors (Lipinski definition) is 5. The van der Waals surface area contributed by atoms with Gasteiger partial charge in [-0.05, 0) is 75.1 Å². The summed E-state index contributed by atoms with van der Waals surface area (Å²) in [5.74, 6) is 0.0565. The molecule has 3 rings (SSSR count). The number of amides is 2. The van der Waals surface area contributed by atoms with Crippen LogP contribution < -0.4 is 14.4 Å². The third-order valence-electron chi connectivity index (χ3n) is 6.87. The van der Waals surface area contributed by atoms with Crippen LogP contribution in [0.25, 0.3) is 0 Å². The zero-order chi connectivity index (χ0) is 30.9. The molecule has 0 spiro atoms. The van der Waals surface area contributed by atoms with Crippen molar-refractivity contribution in [3.05, 3.63) is 89.5 Å². The summed E-state index contributed by atoms with van der Waals surface area (Å²) in [6, 6.07) is 20.1. The lowest BCUT2D eigenvalue weighted by Gasteiger charge is -2.33. The first-order valence-corrected chi connectivity index (χ1v) is 15.8. The van der Waals surface area contributed by atoms with Crippen molar-refractivity contribution in [1.82, 2.24) is 10.2 Å². The van der Waals surface area contributed by atoms with Gasteiger partial charge >= 0.3 is 0 Å². The quantitative estimate of drug-likeness (QED) is 0.267.